The number of esters is 1. The number of ether oxygens (including phenoxy) is 1. The molecule has 92 valence electrons. The first-order valence-electron chi connectivity index (χ1n) is 5.71. The Morgan fingerprint density at radius 3 is 1.76 bits per heavy atom. The van der Waals surface area contributed by atoms with E-state index < -0.39 is 22.8 Å². The van der Waals surface area contributed by atoms with Gasteiger partial charge in [-0.15, -0.1) is 0 Å². The first kappa shape index (κ1) is 11.9. The molecule has 0 radical (unpaired) electrons. The zero-order valence-electron chi connectivity index (χ0n) is 9.81. The molecule has 0 amide bonds. The molecule has 2 aliphatic rings. The van der Waals surface area contributed by atoms with Crippen LogP contribution in [0.15, 0.2) is 24.3 Å². The summed E-state index contributed by atoms with van der Waals surface area (Å²) in [6.45, 7) is 0. The number of aliphatic carboxylic acids is 1. The number of methoxy groups -OCH3 is 1. The van der Waals surface area contributed by atoms with Crippen molar-refractivity contribution in [1.82, 2.24) is 0 Å². The van der Waals surface area contributed by atoms with Crippen LogP contribution >= 0.6 is 0 Å². The zero-order valence-corrected chi connectivity index (χ0v) is 9.81. The molecule has 0 heterocycles. The van der Waals surface area contributed by atoms with Crippen LogP contribution in [0, 0.1) is 10.8 Å². The minimum absolute atomic E-state index is 0.391. The molecule has 0 unspecified atom stereocenters. The van der Waals surface area contributed by atoms with E-state index in [1.807, 2.05) is 24.3 Å². The summed E-state index contributed by atoms with van der Waals surface area (Å²) < 4.78 is 4.86. The molecule has 0 atom stereocenters. The van der Waals surface area contributed by atoms with Crippen LogP contribution in [-0.2, 0) is 14.3 Å². The Kier molecular flexibility index (Phi) is 2.81. The SMILES string of the molecule is COC(=O)C12CC=CCC1(C(=O)O)CC=CC2. The molecule has 0 aromatic rings. The summed E-state index contributed by atoms with van der Waals surface area (Å²) in [6.07, 6.45) is 9.15. The summed E-state index contributed by atoms with van der Waals surface area (Å²) in [5.41, 5.74) is -1.97. The molecule has 0 bridgehead atoms. The number of carbonyl (C=O) groups is 2. The van der Waals surface area contributed by atoms with E-state index in [-0.39, 0.29) is 0 Å². The topological polar surface area (TPSA) is 63.6 Å². The average molecular weight is 236 g/mol. The van der Waals surface area contributed by atoms with Gasteiger partial charge in [0.2, 0.25) is 0 Å². The van der Waals surface area contributed by atoms with Gasteiger partial charge in [-0.25, -0.2) is 0 Å². The van der Waals surface area contributed by atoms with E-state index in [4.69, 9.17) is 4.74 Å². The Bertz CT molecular complexity index is 388. The van der Waals surface area contributed by atoms with Crippen molar-refractivity contribution in [2.75, 3.05) is 7.11 Å². The molecular formula is C13H16O4. The molecule has 2 rings (SSSR count). The first-order chi connectivity index (χ1) is 8.09. The predicted octanol–water partition coefficient (Wildman–Crippen LogP) is 1.92. The highest BCUT2D eigenvalue weighted by Crippen LogP contribution is 2.56. The Morgan fingerprint density at radius 2 is 1.41 bits per heavy atom. The molecule has 0 aromatic heterocycles. The molecule has 0 aliphatic heterocycles. The minimum Gasteiger partial charge on any atom is -0.481 e. The van der Waals surface area contributed by atoms with Crippen molar-refractivity contribution in [2.24, 2.45) is 10.8 Å². The second-order valence-corrected chi connectivity index (χ2v) is 4.72. The molecule has 0 aromatic carbocycles. The lowest BCUT2D eigenvalue weighted by Gasteiger charge is -2.48. The Labute approximate surface area is 100.0 Å². The molecule has 0 saturated carbocycles. The lowest BCUT2D eigenvalue weighted by molar-refractivity contribution is -0.177. The third-order valence-electron chi connectivity index (χ3n) is 4.10. The second kappa shape index (κ2) is 4.02. The maximum Gasteiger partial charge on any atom is 0.313 e. The van der Waals surface area contributed by atoms with Crippen molar-refractivity contribution in [1.29, 1.82) is 0 Å². The molecule has 0 saturated heterocycles. The number of rotatable bonds is 2. The van der Waals surface area contributed by atoms with Gasteiger partial charge < -0.3 is 9.84 Å². The third kappa shape index (κ3) is 1.43. The highest BCUT2D eigenvalue weighted by molar-refractivity contribution is 5.89. The molecule has 1 N–H and O–H groups in total. The van der Waals surface area contributed by atoms with E-state index in [0.717, 1.165) is 0 Å². The minimum atomic E-state index is -1.04. The lowest BCUT2D eigenvalue weighted by Crippen LogP contribution is -2.54. The fourth-order valence-corrected chi connectivity index (χ4v) is 3.02. The quantitative estimate of drug-likeness (QED) is 0.587. The summed E-state index contributed by atoms with van der Waals surface area (Å²) in [6, 6.07) is 0. The largest absolute Gasteiger partial charge is 0.481 e. The summed E-state index contributed by atoms with van der Waals surface area (Å²) in [7, 11) is 1.32. The first-order valence-corrected chi connectivity index (χ1v) is 5.71. The number of carboxylic acid groups (broad SMARTS) is 1. The summed E-state index contributed by atoms with van der Waals surface area (Å²) in [5.74, 6) is -1.31. The zero-order chi connectivity index (χ0) is 12.5. The highest BCUT2D eigenvalue weighted by Gasteiger charge is 2.61. The highest BCUT2D eigenvalue weighted by atomic mass is 16.5. The molecular weight excluding hydrogens is 220 g/mol. The Morgan fingerprint density at radius 1 is 1.00 bits per heavy atom. The van der Waals surface area contributed by atoms with E-state index >= 15 is 0 Å². The summed E-state index contributed by atoms with van der Waals surface area (Å²) in [5, 5.41) is 9.56. The number of fused-ring (bicyclic) bond motifs is 1. The van der Waals surface area contributed by atoms with Gasteiger partial charge in [-0.3, -0.25) is 9.59 Å². The van der Waals surface area contributed by atoms with Crippen LogP contribution in [0.2, 0.25) is 0 Å². The van der Waals surface area contributed by atoms with Gasteiger partial charge in [0, 0.05) is 0 Å². The van der Waals surface area contributed by atoms with Crippen LogP contribution in [0.5, 0.6) is 0 Å². The van der Waals surface area contributed by atoms with Crippen LogP contribution < -0.4 is 0 Å². The molecule has 2 aliphatic carbocycles. The monoisotopic (exact) mass is 236 g/mol. The second-order valence-electron chi connectivity index (χ2n) is 4.72. The normalized spacial score (nSPS) is 35.1. The van der Waals surface area contributed by atoms with Crippen molar-refractivity contribution in [3.63, 3.8) is 0 Å². The smallest absolute Gasteiger partial charge is 0.313 e. The third-order valence-corrected chi connectivity index (χ3v) is 4.10. The van der Waals surface area contributed by atoms with Gasteiger partial charge in [0.25, 0.3) is 0 Å². The molecule has 4 nitrogen and oxygen atoms in total. The van der Waals surface area contributed by atoms with Gasteiger partial charge in [0.05, 0.1) is 17.9 Å². The van der Waals surface area contributed by atoms with E-state index in [0.29, 0.717) is 25.7 Å². The number of carboxylic acids is 1. The van der Waals surface area contributed by atoms with Gasteiger partial charge in [0.15, 0.2) is 0 Å². The van der Waals surface area contributed by atoms with Crippen LogP contribution in [0.25, 0.3) is 0 Å². The predicted molar refractivity (Wildman–Crippen MR) is 61.3 cm³/mol. The summed E-state index contributed by atoms with van der Waals surface area (Å²) in [4.78, 5) is 23.7. The van der Waals surface area contributed by atoms with Gasteiger partial charge in [-0.1, -0.05) is 24.3 Å². The number of hydrogen-bond donors (Lipinski definition) is 1. The van der Waals surface area contributed by atoms with E-state index in [1.54, 1.807) is 0 Å². The average Bonchev–Trinajstić information content (AvgIpc) is 2.37. The summed E-state index contributed by atoms with van der Waals surface area (Å²) >= 11 is 0. The maximum atomic E-state index is 12.1. The van der Waals surface area contributed by atoms with Crippen molar-refractivity contribution in [2.45, 2.75) is 25.7 Å². The van der Waals surface area contributed by atoms with Crippen LogP contribution in [-0.4, -0.2) is 24.2 Å². The van der Waals surface area contributed by atoms with Crippen LogP contribution in [0.4, 0.5) is 0 Å². The molecule has 4 heteroatoms. The Hall–Kier alpha value is -1.58. The molecule has 0 spiro atoms. The Balaban J connectivity index is 2.56. The van der Waals surface area contributed by atoms with E-state index in [9.17, 15) is 14.7 Å². The lowest BCUT2D eigenvalue weighted by atomic mass is 9.53. The number of carbonyl (C=O) groups excluding carboxylic acids is 1. The number of allylic oxidation sites excluding steroid dienone is 4. The fraction of sp³-hybridized carbons (Fsp3) is 0.538. The van der Waals surface area contributed by atoms with Crippen molar-refractivity contribution in [3.05, 3.63) is 24.3 Å². The van der Waals surface area contributed by atoms with Gasteiger partial charge in [0.1, 0.15) is 0 Å². The van der Waals surface area contributed by atoms with Crippen molar-refractivity contribution >= 4 is 11.9 Å². The van der Waals surface area contributed by atoms with Crippen LogP contribution in [0.3, 0.4) is 0 Å². The van der Waals surface area contributed by atoms with Gasteiger partial charge in [-0.05, 0) is 25.7 Å². The van der Waals surface area contributed by atoms with Gasteiger partial charge >= 0.3 is 11.9 Å². The van der Waals surface area contributed by atoms with E-state index in [2.05, 4.69) is 0 Å². The van der Waals surface area contributed by atoms with Crippen molar-refractivity contribution in [3.8, 4) is 0 Å². The van der Waals surface area contributed by atoms with Crippen molar-refractivity contribution < 1.29 is 19.4 Å². The molecule has 0 fully saturated rings. The maximum absolute atomic E-state index is 12.1. The van der Waals surface area contributed by atoms with Gasteiger partial charge in [-0.2, -0.15) is 0 Å². The molecule has 17 heavy (non-hydrogen) atoms. The van der Waals surface area contributed by atoms with E-state index in [1.165, 1.54) is 7.11 Å². The van der Waals surface area contributed by atoms with Crippen LogP contribution in [0.1, 0.15) is 25.7 Å². The standard InChI is InChI=1S/C13H16O4/c1-17-11(16)13-8-4-2-6-12(13,10(14)15)7-3-5-9-13/h2-5H,6-9H2,1H3,(H,14,15). The fourth-order valence-electron chi connectivity index (χ4n) is 3.02. The number of hydrogen-bond acceptors (Lipinski definition) is 3.